The van der Waals surface area contributed by atoms with E-state index in [4.69, 9.17) is 9.47 Å². The molecule has 1 aromatic carbocycles. The van der Waals surface area contributed by atoms with Gasteiger partial charge in [0, 0.05) is 17.5 Å². The van der Waals surface area contributed by atoms with Gasteiger partial charge in [-0.25, -0.2) is 0 Å². The molecule has 1 saturated carbocycles. The van der Waals surface area contributed by atoms with E-state index in [2.05, 4.69) is 15.9 Å². The van der Waals surface area contributed by atoms with Crippen LogP contribution in [0.2, 0.25) is 0 Å². The van der Waals surface area contributed by atoms with Crippen molar-refractivity contribution < 1.29 is 14.3 Å². The number of halogens is 1. The van der Waals surface area contributed by atoms with Gasteiger partial charge in [0.25, 0.3) is 0 Å². The average molecular weight is 299 g/mol. The molecule has 92 valence electrons. The Hall–Kier alpha value is -0.710. The van der Waals surface area contributed by atoms with Gasteiger partial charge in [-0.15, -0.1) is 0 Å². The van der Waals surface area contributed by atoms with Crippen molar-refractivity contribution in [2.45, 2.75) is 32.2 Å². The van der Waals surface area contributed by atoms with Gasteiger partial charge in [-0.3, -0.25) is 4.79 Å². The summed E-state index contributed by atoms with van der Waals surface area (Å²) in [5.74, 6) is 0.143. The largest absolute Gasteiger partial charge is 0.370 e. The van der Waals surface area contributed by atoms with Gasteiger partial charge in [0.15, 0.2) is 5.78 Å². The van der Waals surface area contributed by atoms with Crippen LogP contribution in [-0.4, -0.2) is 24.6 Å². The minimum atomic E-state index is -0.359. The number of rotatable bonds is 5. The Labute approximate surface area is 109 Å². The Morgan fingerprint density at radius 3 is 2.76 bits per heavy atom. The molecular weight excluding hydrogens is 284 g/mol. The highest BCUT2D eigenvalue weighted by Gasteiger charge is 2.41. The van der Waals surface area contributed by atoms with E-state index >= 15 is 0 Å². The SMILES string of the molecule is CCOC1C(=O)CC1OCc1ccccc1Br. The van der Waals surface area contributed by atoms with E-state index in [0.29, 0.717) is 19.6 Å². The van der Waals surface area contributed by atoms with Crippen LogP contribution in [0, 0.1) is 0 Å². The lowest BCUT2D eigenvalue weighted by molar-refractivity contribution is -0.166. The molecule has 1 aliphatic rings. The van der Waals surface area contributed by atoms with Crippen LogP contribution >= 0.6 is 15.9 Å². The van der Waals surface area contributed by atoms with E-state index in [1.165, 1.54) is 0 Å². The van der Waals surface area contributed by atoms with Crippen molar-refractivity contribution in [1.29, 1.82) is 0 Å². The van der Waals surface area contributed by atoms with Gasteiger partial charge in [-0.2, -0.15) is 0 Å². The first-order chi connectivity index (χ1) is 8.22. The van der Waals surface area contributed by atoms with Crippen molar-refractivity contribution in [1.82, 2.24) is 0 Å². The zero-order valence-electron chi connectivity index (χ0n) is 9.69. The molecule has 0 radical (unpaired) electrons. The van der Waals surface area contributed by atoms with Gasteiger partial charge >= 0.3 is 0 Å². The monoisotopic (exact) mass is 298 g/mol. The Morgan fingerprint density at radius 2 is 2.12 bits per heavy atom. The van der Waals surface area contributed by atoms with Crippen molar-refractivity contribution in [3.63, 3.8) is 0 Å². The van der Waals surface area contributed by atoms with E-state index in [0.717, 1.165) is 10.0 Å². The Kier molecular flexibility index (Phi) is 4.31. The summed E-state index contributed by atoms with van der Waals surface area (Å²) in [4.78, 5) is 11.3. The summed E-state index contributed by atoms with van der Waals surface area (Å²) >= 11 is 3.47. The molecule has 0 heterocycles. The van der Waals surface area contributed by atoms with Crippen molar-refractivity contribution in [3.05, 3.63) is 34.3 Å². The predicted molar refractivity (Wildman–Crippen MR) is 67.8 cm³/mol. The molecule has 0 bridgehead atoms. The van der Waals surface area contributed by atoms with Crippen LogP contribution in [0.1, 0.15) is 18.9 Å². The van der Waals surface area contributed by atoms with Crippen molar-refractivity contribution in [2.24, 2.45) is 0 Å². The molecule has 0 N–H and O–H groups in total. The van der Waals surface area contributed by atoms with Gasteiger partial charge in [-0.1, -0.05) is 34.1 Å². The number of hydrogen-bond donors (Lipinski definition) is 0. The summed E-state index contributed by atoms with van der Waals surface area (Å²) in [7, 11) is 0. The van der Waals surface area contributed by atoms with Crippen molar-refractivity contribution in [3.8, 4) is 0 Å². The van der Waals surface area contributed by atoms with Gasteiger partial charge in [0.2, 0.25) is 0 Å². The molecule has 17 heavy (non-hydrogen) atoms. The maximum absolute atomic E-state index is 11.3. The Bertz CT molecular complexity index is 405. The van der Waals surface area contributed by atoms with Crippen LogP contribution in [0.25, 0.3) is 0 Å². The summed E-state index contributed by atoms with van der Waals surface area (Å²) in [6.45, 7) is 2.94. The number of hydrogen-bond acceptors (Lipinski definition) is 3. The van der Waals surface area contributed by atoms with Crippen LogP contribution in [0.4, 0.5) is 0 Å². The Morgan fingerprint density at radius 1 is 1.35 bits per heavy atom. The normalized spacial score (nSPS) is 23.5. The highest BCUT2D eigenvalue weighted by molar-refractivity contribution is 9.10. The first-order valence-corrected chi connectivity index (χ1v) is 6.51. The second-order valence-corrected chi connectivity index (χ2v) is 4.84. The number of benzene rings is 1. The van der Waals surface area contributed by atoms with Gasteiger partial charge in [0.1, 0.15) is 6.10 Å². The van der Waals surface area contributed by atoms with E-state index in [1.54, 1.807) is 0 Å². The zero-order chi connectivity index (χ0) is 12.3. The third-order valence-electron chi connectivity index (χ3n) is 2.81. The smallest absolute Gasteiger partial charge is 0.166 e. The van der Waals surface area contributed by atoms with E-state index in [1.807, 2.05) is 31.2 Å². The fourth-order valence-electron chi connectivity index (χ4n) is 1.81. The van der Waals surface area contributed by atoms with E-state index in [-0.39, 0.29) is 18.0 Å². The molecule has 4 heteroatoms. The maximum Gasteiger partial charge on any atom is 0.166 e. The highest BCUT2D eigenvalue weighted by Crippen LogP contribution is 2.25. The number of Topliss-reactive ketones (excluding diaryl/α,β-unsaturated/α-hetero) is 1. The molecule has 0 aliphatic heterocycles. The molecule has 0 aromatic heterocycles. The second-order valence-electron chi connectivity index (χ2n) is 3.99. The summed E-state index contributed by atoms with van der Waals surface area (Å²) in [6, 6.07) is 7.91. The van der Waals surface area contributed by atoms with Crippen LogP contribution in [0.15, 0.2) is 28.7 Å². The molecule has 2 rings (SSSR count). The maximum atomic E-state index is 11.3. The number of carbonyl (C=O) groups excluding carboxylic acids is 1. The molecule has 3 nitrogen and oxygen atoms in total. The molecule has 0 amide bonds. The molecule has 1 aromatic rings. The first kappa shape index (κ1) is 12.7. The van der Waals surface area contributed by atoms with Crippen LogP contribution < -0.4 is 0 Å². The molecular formula is C13H15BrO3. The lowest BCUT2D eigenvalue weighted by atomic mass is 9.90. The number of ketones is 1. The lowest BCUT2D eigenvalue weighted by Gasteiger charge is -2.34. The topological polar surface area (TPSA) is 35.5 Å². The molecule has 0 spiro atoms. The average Bonchev–Trinajstić information content (AvgIpc) is 2.33. The van der Waals surface area contributed by atoms with E-state index in [9.17, 15) is 4.79 Å². The Balaban J connectivity index is 1.87. The molecule has 1 fully saturated rings. The quantitative estimate of drug-likeness (QED) is 0.838. The molecule has 2 unspecified atom stereocenters. The molecule has 2 atom stereocenters. The van der Waals surface area contributed by atoms with Crippen LogP contribution in [0.3, 0.4) is 0 Å². The minimum Gasteiger partial charge on any atom is -0.370 e. The third kappa shape index (κ3) is 2.94. The summed E-state index contributed by atoms with van der Waals surface area (Å²) in [5.41, 5.74) is 1.09. The van der Waals surface area contributed by atoms with Gasteiger partial charge in [-0.05, 0) is 18.6 Å². The molecule has 0 saturated heterocycles. The molecule has 1 aliphatic carbocycles. The fraction of sp³-hybridized carbons (Fsp3) is 0.462. The minimum absolute atomic E-state index is 0.0884. The van der Waals surface area contributed by atoms with Gasteiger partial charge < -0.3 is 9.47 Å². The fourth-order valence-corrected chi connectivity index (χ4v) is 2.21. The summed E-state index contributed by atoms with van der Waals surface area (Å²) in [5, 5.41) is 0. The van der Waals surface area contributed by atoms with Crippen molar-refractivity contribution >= 4 is 21.7 Å². The standard InChI is InChI=1S/C13H15BrO3/c1-2-16-13-11(15)7-12(13)17-8-9-5-3-4-6-10(9)14/h3-6,12-13H,2,7-8H2,1H3. The summed E-state index contributed by atoms with van der Waals surface area (Å²) in [6.07, 6.45) is 0.0202. The third-order valence-corrected chi connectivity index (χ3v) is 3.59. The zero-order valence-corrected chi connectivity index (χ0v) is 11.3. The highest BCUT2D eigenvalue weighted by atomic mass is 79.9. The number of carbonyl (C=O) groups is 1. The van der Waals surface area contributed by atoms with Crippen LogP contribution in [-0.2, 0) is 20.9 Å². The summed E-state index contributed by atoms with van der Waals surface area (Å²) < 4.78 is 12.1. The van der Waals surface area contributed by atoms with Crippen LogP contribution in [0.5, 0.6) is 0 Å². The number of ether oxygens (including phenoxy) is 2. The first-order valence-electron chi connectivity index (χ1n) is 5.71. The van der Waals surface area contributed by atoms with Crippen molar-refractivity contribution in [2.75, 3.05) is 6.61 Å². The predicted octanol–water partition coefficient (Wildman–Crippen LogP) is 2.71. The lowest BCUT2D eigenvalue weighted by Crippen LogP contribution is -2.50. The van der Waals surface area contributed by atoms with E-state index < -0.39 is 0 Å². The second kappa shape index (κ2) is 5.76. The van der Waals surface area contributed by atoms with Gasteiger partial charge in [0.05, 0.1) is 12.7 Å².